The van der Waals surface area contributed by atoms with Crippen molar-refractivity contribution in [1.82, 2.24) is 13.7 Å². The number of para-hydroxylation sites is 3. The SMILES string of the molecule is [C-]#[N+]c1cc(-n2c3ccc(-c4ccccc4)cc3c3c4ccccc4ccc32)c(C#N)cc1-n1c2ccccc2c2ccc3c4ccccc4n(-c4ccccc4)c3c21. The van der Waals surface area contributed by atoms with Crippen LogP contribution >= 0.6 is 0 Å². The molecule has 0 amide bonds. The smallest absolute Gasteiger partial charge is 0.212 e. The van der Waals surface area contributed by atoms with Crippen LogP contribution in [0.5, 0.6) is 0 Å². The monoisotopic (exact) mass is 749 g/mol. The summed E-state index contributed by atoms with van der Waals surface area (Å²) in [5.41, 5.74) is 11.7. The van der Waals surface area contributed by atoms with E-state index in [1.807, 2.05) is 30.3 Å². The molecule has 0 radical (unpaired) electrons. The molecule has 5 nitrogen and oxygen atoms in total. The van der Waals surface area contributed by atoms with Gasteiger partial charge in [-0.05, 0) is 76.5 Å². The van der Waals surface area contributed by atoms with Gasteiger partial charge in [-0.1, -0.05) is 133 Å². The summed E-state index contributed by atoms with van der Waals surface area (Å²) in [6.45, 7) is 8.75. The Labute approximate surface area is 338 Å². The van der Waals surface area contributed by atoms with Crippen molar-refractivity contribution in [3.8, 4) is 34.3 Å². The van der Waals surface area contributed by atoms with E-state index in [1.165, 1.54) is 0 Å². The topological polar surface area (TPSA) is 42.9 Å². The maximum atomic E-state index is 11.1. The molecule has 0 bridgehead atoms. The van der Waals surface area contributed by atoms with Crippen molar-refractivity contribution in [3.05, 3.63) is 205 Å². The van der Waals surface area contributed by atoms with Crippen LogP contribution in [0.1, 0.15) is 5.56 Å². The van der Waals surface area contributed by atoms with Crippen LogP contribution in [0, 0.1) is 17.9 Å². The maximum absolute atomic E-state index is 11.1. The van der Waals surface area contributed by atoms with Crippen molar-refractivity contribution in [2.45, 2.75) is 0 Å². The summed E-state index contributed by atoms with van der Waals surface area (Å²) in [6.07, 6.45) is 0. The molecule has 0 N–H and O–H groups in total. The van der Waals surface area contributed by atoms with E-state index in [0.29, 0.717) is 22.6 Å². The van der Waals surface area contributed by atoms with Crippen molar-refractivity contribution >= 4 is 81.9 Å². The molecule has 0 saturated heterocycles. The number of rotatable bonds is 4. The highest BCUT2D eigenvalue weighted by atomic mass is 15.1. The van der Waals surface area contributed by atoms with E-state index in [9.17, 15) is 5.26 Å². The summed E-state index contributed by atoms with van der Waals surface area (Å²) in [5, 5.41) is 20.1. The summed E-state index contributed by atoms with van der Waals surface area (Å²) in [5.74, 6) is 0. The normalized spacial score (nSPS) is 11.7. The van der Waals surface area contributed by atoms with Gasteiger partial charge in [0.25, 0.3) is 0 Å². The molecule has 0 spiro atoms. The molecule has 9 aromatic carbocycles. The van der Waals surface area contributed by atoms with E-state index in [0.717, 1.165) is 93.0 Å². The van der Waals surface area contributed by atoms with Crippen LogP contribution in [0.15, 0.2) is 188 Å². The number of aromatic nitrogens is 3. The Hall–Kier alpha value is -8.38. The molecule has 5 heteroatoms. The van der Waals surface area contributed by atoms with Crippen molar-refractivity contribution in [1.29, 1.82) is 5.26 Å². The Bertz CT molecular complexity index is 3790. The van der Waals surface area contributed by atoms with E-state index >= 15 is 0 Å². The minimum atomic E-state index is 0.456. The Morgan fingerprint density at radius 1 is 0.424 bits per heavy atom. The zero-order valence-electron chi connectivity index (χ0n) is 31.6. The molecule has 0 unspecified atom stereocenters. The largest absolute Gasteiger partial charge is 0.317 e. The van der Waals surface area contributed by atoms with Crippen molar-refractivity contribution in [2.75, 3.05) is 0 Å². The van der Waals surface area contributed by atoms with Gasteiger partial charge < -0.3 is 13.7 Å². The predicted molar refractivity (Wildman–Crippen MR) is 243 cm³/mol. The molecule has 12 aromatic rings. The van der Waals surface area contributed by atoms with E-state index in [2.05, 4.69) is 182 Å². The van der Waals surface area contributed by atoms with Crippen LogP contribution in [-0.4, -0.2) is 13.7 Å². The lowest BCUT2D eigenvalue weighted by molar-refractivity contribution is 1.13. The Morgan fingerprint density at radius 2 is 1.02 bits per heavy atom. The van der Waals surface area contributed by atoms with Gasteiger partial charge in [-0.3, -0.25) is 0 Å². The third-order valence-corrected chi connectivity index (χ3v) is 12.1. The molecule has 59 heavy (non-hydrogen) atoms. The second-order valence-corrected chi connectivity index (χ2v) is 15.1. The lowest BCUT2D eigenvalue weighted by atomic mass is 10.0. The molecule has 0 saturated carbocycles. The number of hydrogen-bond acceptors (Lipinski definition) is 1. The van der Waals surface area contributed by atoms with Crippen LogP contribution in [-0.2, 0) is 0 Å². The third-order valence-electron chi connectivity index (χ3n) is 12.1. The van der Waals surface area contributed by atoms with Crippen LogP contribution < -0.4 is 0 Å². The second-order valence-electron chi connectivity index (χ2n) is 15.1. The van der Waals surface area contributed by atoms with Gasteiger partial charge in [-0.25, -0.2) is 4.85 Å². The number of nitrogens with zero attached hydrogens (tertiary/aromatic N) is 5. The molecule has 0 aliphatic heterocycles. The van der Waals surface area contributed by atoms with Gasteiger partial charge in [0.1, 0.15) is 6.07 Å². The van der Waals surface area contributed by atoms with Gasteiger partial charge in [0, 0.05) is 38.0 Å². The molecule has 3 heterocycles. The lowest BCUT2D eigenvalue weighted by Crippen LogP contribution is -2.02. The average molecular weight is 750 g/mol. The molecule has 0 atom stereocenters. The average Bonchev–Trinajstić information content (AvgIpc) is 3.95. The summed E-state index contributed by atoms with van der Waals surface area (Å²) in [4.78, 5) is 4.25. The van der Waals surface area contributed by atoms with Crippen molar-refractivity contribution in [3.63, 3.8) is 0 Å². The number of nitriles is 1. The van der Waals surface area contributed by atoms with E-state index in [1.54, 1.807) is 0 Å². The first-order valence-electron chi connectivity index (χ1n) is 19.7. The van der Waals surface area contributed by atoms with E-state index < -0.39 is 0 Å². The highest BCUT2D eigenvalue weighted by Gasteiger charge is 2.25. The molecule has 0 aliphatic rings. The van der Waals surface area contributed by atoms with Crippen LogP contribution in [0.3, 0.4) is 0 Å². The number of hydrogen-bond donors (Lipinski definition) is 0. The summed E-state index contributed by atoms with van der Waals surface area (Å²) < 4.78 is 6.74. The number of benzene rings is 9. The lowest BCUT2D eigenvalue weighted by Gasteiger charge is -2.17. The predicted octanol–water partition coefficient (Wildman–Crippen LogP) is 14.2. The van der Waals surface area contributed by atoms with Crippen LogP contribution in [0.25, 0.3) is 109 Å². The fourth-order valence-corrected chi connectivity index (χ4v) is 9.57. The number of fused-ring (bicyclic) bond motifs is 12. The van der Waals surface area contributed by atoms with Gasteiger partial charge in [-0.15, -0.1) is 0 Å². The first kappa shape index (κ1) is 32.8. The molecular weight excluding hydrogens is 719 g/mol. The Kier molecular flexibility index (Phi) is 6.99. The standard InChI is InChI=1S/C54H31N5/c1-56-45-32-50(58-48-28-25-36(34-14-4-2-5-15-34)30-44(48)52-39-19-9-8-16-35(39)24-29-49(52)58)37(33-55)31-51(45)59-47-23-13-11-21-41(47)43-27-26-42-40-20-10-12-22-46(40)57(53(42)54(43)59)38-17-6-3-7-18-38/h2-32H. The van der Waals surface area contributed by atoms with Crippen molar-refractivity contribution < 1.29 is 0 Å². The minimum absolute atomic E-state index is 0.456. The van der Waals surface area contributed by atoms with Crippen LogP contribution in [0.2, 0.25) is 0 Å². The van der Waals surface area contributed by atoms with E-state index in [-0.39, 0.29) is 0 Å². The fourth-order valence-electron chi connectivity index (χ4n) is 9.57. The first-order valence-corrected chi connectivity index (χ1v) is 19.7. The zero-order chi connectivity index (χ0) is 39.2. The fraction of sp³-hybridized carbons (Fsp3) is 0. The van der Waals surface area contributed by atoms with Gasteiger partial charge in [0.15, 0.2) is 0 Å². The van der Waals surface area contributed by atoms with Gasteiger partial charge in [-0.2, -0.15) is 5.26 Å². The van der Waals surface area contributed by atoms with Crippen LogP contribution in [0.4, 0.5) is 5.69 Å². The third kappa shape index (κ3) is 4.65. The molecule has 3 aromatic heterocycles. The highest BCUT2D eigenvalue weighted by molar-refractivity contribution is 6.25. The molecule has 12 rings (SSSR count). The zero-order valence-corrected chi connectivity index (χ0v) is 31.6. The summed E-state index contributed by atoms with van der Waals surface area (Å²) >= 11 is 0. The van der Waals surface area contributed by atoms with Gasteiger partial charge in [0.05, 0.1) is 56.6 Å². The molecule has 272 valence electrons. The molecule has 0 aliphatic carbocycles. The maximum Gasteiger partial charge on any atom is 0.212 e. The second kappa shape index (κ2) is 12.6. The molecule has 0 fully saturated rings. The quantitative estimate of drug-likeness (QED) is 0.165. The Balaban J connectivity index is 1.19. The van der Waals surface area contributed by atoms with Gasteiger partial charge >= 0.3 is 0 Å². The van der Waals surface area contributed by atoms with E-state index in [4.69, 9.17) is 6.57 Å². The highest BCUT2D eigenvalue weighted by Crippen LogP contribution is 2.45. The van der Waals surface area contributed by atoms with Crippen molar-refractivity contribution in [2.24, 2.45) is 0 Å². The minimum Gasteiger partial charge on any atom is -0.317 e. The summed E-state index contributed by atoms with van der Waals surface area (Å²) in [6, 6.07) is 68.0. The Morgan fingerprint density at radius 3 is 1.73 bits per heavy atom. The molecular formula is C54H31N5. The van der Waals surface area contributed by atoms with Gasteiger partial charge in [0.2, 0.25) is 5.69 Å². The summed E-state index contributed by atoms with van der Waals surface area (Å²) in [7, 11) is 0. The first-order chi connectivity index (χ1) is 29.2.